The van der Waals surface area contributed by atoms with Gasteiger partial charge in [-0.05, 0) is 64.3 Å². The molecule has 0 saturated carbocycles. The molecular formula is C30H29BrFN3O4. The fourth-order valence-corrected chi connectivity index (χ4v) is 4.48. The highest BCUT2D eigenvalue weighted by atomic mass is 79.9. The molecule has 1 N–H and O–H groups in total. The van der Waals surface area contributed by atoms with E-state index in [1.54, 1.807) is 42.5 Å². The van der Waals surface area contributed by atoms with Crippen LogP contribution in [0.2, 0.25) is 0 Å². The Labute approximate surface area is 234 Å². The third kappa shape index (κ3) is 7.32. The van der Waals surface area contributed by atoms with Crippen LogP contribution in [-0.4, -0.2) is 34.8 Å². The molecule has 7 nitrogen and oxygen atoms in total. The van der Waals surface area contributed by atoms with Gasteiger partial charge in [0.25, 0.3) is 0 Å². The van der Waals surface area contributed by atoms with Crippen LogP contribution in [0, 0.1) is 5.82 Å². The standard InChI is InChI=1S/C30H29BrFN3O4/c1-2-3-16-34(30(38)33-26-10-6-5-9-25(26)31)19-28(36)35(17-21-12-14-23(32)15-13-21)18-22-20-39-27-11-7-4-8-24(27)29(22)37/h4-15,20H,2-3,16-19H2,1H3,(H,33,38). The lowest BCUT2D eigenvalue weighted by Crippen LogP contribution is -2.44. The fourth-order valence-electron chi connectivity index (χ4n) is 4.10. The van der Waals surface area contributed by atoms with Crippen LogP contribution in [0.4, 0.5) is 14.9 Å². The summed E-state index contributed by atoms with van der Waals surface area (Å²) in [4.78, 5) is 43.0. The van der Waals surface area contributed by atoms with Gasteiger partial charge in [-0.25, -0.2) is 9.18 Å². The van der Waals surface area contributed by atoms with Gasteiger partial charge in [-0.1, -0.05) is 49.7 Å². The predicted octanol–water partition coefficient (Wildman–Crippen LogP) is 6.56. The monoisotopic (exact) mass is 593 g/mol. The Morgan fingerprint density at radius 2 is 1.67 bits per heavy atom. The molecule has 0 aliphatic carbocycles. The van der Waals surface area contributed by atoms with E-state index in [0.29, 0.717) is 40.7 Å². The average molecular weight is 594 g/mol. The first kappa shape index (κ1) is 28.0. The summed E-state index contributed by atoms with van der Waals surface area (Å²) in [6, 6.07) is 19.6. The Morgan fingerprint density at radius 1 is 0.949 bits per heavy atom. The molecule has 0 fully saturated rings. The lowest BCUT2D eigenvalue weighted by atomic mass is 10.1. The van der Waals surface area contributed by atoms with E-state index in [1.807, 2.05) is 25.1 Å². The van der Waals surface area contributed by atoms with Gasteiger partial charge in [0.15, 0.2) is 5.43 Å². The van der Waals surface area contributed by atoms with Crippen molar-refractivity contribution in [1.82, 2.24) is 9.80 Å². The highest BCUT2D eigenvalue weighted by molar-refractivity contribution is 9.10. The van der Waals surface area contributed by atoms with Crippen molar-refractivity contribution in [2.75, 3.05) is 18.4 Å². The molecule has 0 saturated heterocycles. The second-order valence-electron chi connectivity index (χ2n) is 9.15. The molecule has 3 aromatic carbocycles. The number of urea groups is 1. The smallest absolute Gasteiger partial charge is 0.322 e. The summed E-state index contributed by atoms with van der Waals surface area (Å²) in [5.41, 5.74) is 1.81. The highest BCUT2D eigenvalue weighted by Crippen LogP contribution is 2.22. The summed E-state index contributed by atoms with van der Waals surface area (Å²) < 4.78 is 19.9. The second kappa shape index (κ2) is 13.2. The quantitative estimate of drug-likeness (QED) is 0.226. The predicted molar refractivity (Wildman–Crippen MR) is 153 cm³/mol. The number of unbranched alkanes of at least 4 members (excludes halogenated alkanes) is 1. The molecule has 39 heavy (non-hydrogen) atoms. The van der Waals surface area contributed by atoms with E-state index in [9.17, 15) is 18.8 Å². The first-order valence-corrected chi connectivity index (χ1v) is 13.5. The number of amides is 3. The SMILES string of the molecule is CCCCN(CC(=O)N(Cc1ccc(F)cc1)Cc1coc2ccccc2c1=O)C(=O)Nc1ccccc1Br. The lowest BCUT2D eigenvalue weighted by molar-refractivity contribution is -0.133. The number of rotatable bonds is 10. The lowest BCUT2D eigenvalue weighted by Gasteiger charge is -2.28. The molecule has 9 heteroatoms. The van der Waals surface area contributed by atoms with E-state index in [4.69, 9.17) is 4.42 Å². The van der Waals surface area contributed by atoms with Crippen LogP contribution in [0.25, 0.3) is 11.0 Å². The van der Waals surface area contributed by atoms with Crippen LogP contribution >= 0.6 is 15.9 Å². The Hall–Kier alpha value is -3.98. The molecule has 4 rings (SSSR count). The van der Waals surface area contributed by atoms with Crippen molar-refractivity contribution in [2.24, 2.45) is 0 Å². The fraction of sp³-hybridized carbons (Fsp3) is 0.233. The summed E-state index contributed by atoms with van der Waals surface area (Å²) >= 11 is 3.43. The number of nitrogens with zero attached hydrogens (tertiary/aromatic N) is 2. The summed E-state index contributed by atoms with van der Waals surface area (Å²) in [5.74, 6) is -0.744. The Bertz CT molecular complexity index is 1510. The molecule has 4 aromatic rings. The van der Waals surface area contributed by atoms with Gasteiger partial charge in [0.1, 0.15) is 17.9 Å². The van der Waals surface area contributed by atoms with E-state index >= 15 is 0 Å². The van der Waals surface area contributed by atoms with Gasteiger partial charge in [-0.15, -0.1) is 0 Å². The molecule has 1 aromatic heterocycles. The largest absolute Gasteiger partial charge is 0.464 e. The van der Waals surface area contributed by atoms with E-state index in [1.165, 1.54) is 28.2 Å². The van der Waals surface area contributed by atoms with Gasteiger partial charge >= 0.3 is 6.03 Å². The van der Waals surface area contributed by atoms with Gasteiger partial charge in [0.05, 0.1) is 29.4 Å². The molecule has 3 amide bonds. The number of nitrogens with one attached hydrogen (secondary N) is 1. The molecule has 202 valence electrons. The van der Waals surface area contributed by atoms with Crippen LogP contribution < -0.4 is 10.7 Å². The number of anilines is 1. The van der Waals surface area contributed by atoms with Gasteiger partial charge in [0, 0.05) is 17.6 Å². The first-order chi connectivity index (χ1) is 18.9. The minimum absolute atomic E-state index is 0.0309. The molecule has 0 aliphatic rings. The Kier molecular flexibility index (Phi) is 9.49. The molecular weight excluding hydrogens is 565 g/mol. The van der Waals surface area contributed by atoms with E-state index < -0.39 is 6.03 Å². The van der Waals surface area contributed by atoms with Gasteiger partial charge in [-0.3, -0.25) is 9.59 Å². The Balaban J connectivity index is 1.60. The zero-order chi connectivity index (χ0) is 27.8. The molecule has 1 heterocycles. The zero-order valence-electron chi connectivity index (χ0n) is 21.5. The summed E-state index contributed by atoms with van der Waals surface area (Å²) in [6.45, 7) is 2.28. The second-order valence-corrected chi connectivity index (χ2v) is 10.0. The van der Waals surface area contributed by atoms with Crippen LogP contribution in [0.5, 0.6) is 0 Å². The minimum Gasteiger partial charge on any atom is -0.464 e. The van der Waals surface area contributed by atoms with Crippen molar-refractivity contribution >= 4 is 44.5 Å². The van der Waals surface area contributed by atoms with E-state index in [2.05, 4.69) is 21.2 Å². The average Bonchev–Trinajstić information content (AvgIpc) is 2.94. The van der Waals surface area contributed by atoms with Crippen molar-refractivity contribution in [1.29, 1.82) is 0 Å². The van der Waals surface area contributed by atoms with E-state index in [0.717, 1.165) is 10.9 Å². The number of halogens is 2. The minimum atomic E-state index is -0.407. The molecule has 0 radical (unpaired) electrons. The number of benzene rings is 3. The van der Waals surface area contributed by atoms with Crippen LogP contribution in [0.15, 0.2) is 92.7 Å². The van der Waals surface area contributed by atoms with Crippen molar-refractivity contribution in [3.63, 3.8) is 0 Å². The summed E-state index contributed by atoms with van der Waals surface area (Å²) in [6.07, 6.45) is 2.91. The molecule has 0 aliphatic heterocycles. The topological polar surface area (TPSA) is 82.9 Å². The maximum atomic E-state index is 13.7. The highest BCUT2D eigenvalue weighted by Gasteiger charge is 2.23. The summed E-state index contributed by atoms with van der Waals surface area (Å²) in [5, 5.41) is 3.28. The number of carbonyl (C=O) groups is 2. The number of carbonyl (C=O) groups excluding carboxylic acids is 2. The zero-order valence-corrected chi connectivity index (χ0v) is 23.1. The van der Waals surface area contributed by atoms with E-state index in [-0.39, 0.29) is 36.8 Å². The van der Waals surface area contributed by atoms with Crippen LogP contribution in [0.3, 0.4) is 0 Å². The van der Waals surface area contributed by atoms with Crippen LogP contribution in [0.1, 0.15) is 30.9 Å². The summed E-state index contributed by atoms with van der Waals surface area (Å²) in [7, 11) is 0. The maximum absolute atomic E-state index is 13.7. The third-order valence-corrected chi connectivity index (χ3v) is 6.95. The van der Waals surface area contributed by atoms with Crippen LogP contribution in [-0.2, 0) is 17.9 Å². The van der Waals surface area contributed by atoms with Crippen molar-refractivity contribution in [3.05, 3.63) is 111 Å². The Morgan fingerprint density at radius 3 is 2.41 bits per heavy atom. The first-order valence-electron chi connectivity index (χ1n) is 12.7. The molecule has 0 spiro atoms. The molecule has 0 bridgehead atoms. The maximum Gasteiger partial charge on any atom is 0.322 e. The number of para-hydroxylation sites is 2. The van der Waals surface area contributed by atoms with Crippen molar-refractivity contribution in [2.45, 2.75) is 32.9 Å². The number of fused-ring (bicyclic) bond motifs is 1. The molecule has 0 atom stereocenters. The molecule has 0 unspecified atom stereocenters. The number of hydrogen-bond donors (Lipinski definition) is 1. The number of hydrogen-bond acceptors (Lipinski definition) is 4. The van der Waals surface area contributed by atoms with Gasteiger partial charge < -0.3 is 19.5 Å². The van der Waals surface area contributed by atoms with Gasteiger partial charge in [0.2, 0.25) is 5.91 Å². The van der Waals surface area contributed by atoms with Crippen molar-refractivity contribution < 1.29 is 18.4 Å². The normalized spacial score (nSPS) is 10.8. The van der Waals surface area contributed by atoms with Gasteiger partial charge in [-0.2, -0.15) is 0 Å². The third-order valence-electron chi connectivity index (χ3n) is 6.26. The van der Waals surface area contributed by atoms with Crippen molar-refractivity contribution in [3.8, 4) is 0 Å².